The van der Waals surface area contributed by atoms with Crippen molar-refractivity contribution in [2.24, 2.45) is 12.0 Å². The van der Waals surface area contributed by atoms with Crippen LogP contribution in [0.15, 0.2) is 28.0 Å². The monoisotopic (exact) mass is 446 g/mol. The topological polar surface area (TPSA) is 80.3 Å². The van der Waals surface area contributed by atoms with Crippen LogP contribution in [0, 0.1) is 0 Å². The third kappa shape index (κ3) is 6.50. The number of rotatable bonds is 7. The molecule has 134 valence electrons. The Morgan fingerprint density at radius 1 is 1.38 bits per heavy atom. The van der Waals surface area contributed by atoms with Gasteiger partial charge < -0.3 is 19.7 Å². The van der Waals surface area contributed by atoms with E-state index in [2.05, 4.69) is 38.0 Å². The van der Waals surface area contributed by atoms with Crippen molar-refractivity contribution in [2.75, 3.05) is 13.1 Å². The molecular formula is C16H27IN6O. The zero-order valence-electron chi connectivity index (χ0n) is 14.7. The van der Waals surface area contributed by atoms with E-state index in [1.807, 2.05) is 38.6 Å². The minimum absolute atomic E-state index is 0. The highest BCUT2D eigenvalue weighted by molar-refractivity contribution is 14.0. The molecule has 0 aliphatic rings. The van der Waals surface area contributed by atoms with Crippen LogP contribution >= 0.6 is 24.0 Å². The molecule has 0 fully saturated rings. The Hall–Kier alpha value is -1.58. The van der Waals surface area contributed by atoms with Gasteiger partial charge in [-0.1, -0.05) is 19.0 Å². The number of nitrogens with one attached hydrogen (secondary N) is 2. The first-order valence-corrected chi connectivity index (χ1v) is 8.04. The van der Waals surface area contributed by atoms with Gasteiger partial charge in [-0.05, 0) is 18.6 Å². The molecule has 0 saturated carbocycles. The van der Waals surface area contributed by atoms with Gasteiger partial charge >= 0.3 is 0 Å². The van der Waals surface area contributed by atoms with Crippen molar-refractivity contribution in [3.63, 3.8) is 0 Å². The van der Waals surface area contributed by atoms with E-state index in [0.29, 0.717) is 25.4 Å². The molecule has 2 aromatic heterocycles. The number of nitrogens with zero attached hydrogens (tertiary/aromatic N) is 4. The molecule has 2 rings (SSSR count). The zero-order chi connectivity index (χ0) is 16.7. The molecule has 0 unspecified atom stereocenters. The number of aryl methyl sites for hydroxylation is 1. The van der Waals surface area contributed by atoms with Crippen molar-refractivity contribution in [2.45, 2.75) is 39.7 Å². The van der Waals surface area contributed by atoms with Gasteiger partial charge in [0.2, 0.25) is 5.89 Å². The second kappa shape index (κ2) is 10.3. The summed E-state index contributed by atoms with van der Waals surface area (Å²) in [6.45, 7) is 8.30. The lowest BCUT2D eigenvalue weighted by Gasteiger charge is -2.09. The molecule has 0 bridgehead atoms. The van der Waals surface area contributed by atoms with Crippen LogP contribution in [0.3, 0.4) is 0 Å². The summed E-state index contributed by atoms with van der Waals surface area (Å²) in [6, 6.07) is 2.07. The summed E-state index contributed by atoms with van der Waals surface area (Å²) in [5.74, 6) is 2.48. The molecule has 0 saturated heterocycles. The molecular weight excluding hydrogens is 419 g/mol. The minimum Gasteiger partial charge on any atom is -0.357 e. The zero-order valence-corrected chi connectivity index (χ0v) is 17.1. The number of aliphatic imine (C=N–C) groups is 1. The van der Waals surface area contributed by atoms with E-state index in [9.17, 15) is 0 Å². The maximum atomic E-state index is 5.24. The lowest BCUT2D eigenvalue weighted by molar-refractivity contribution is 0.371. The summed E-state index contributed by atoms with van der Waals surface area (Å²) >= 11 is 0. The first-order valence-electron chi connectivity index (χ1n) is 8.04. The average molecular weight is 446 g/mol. The van der Waals surface area contributed by atoms with Gasteiger partial charge in [0.15, 0.2) is 11.8 Å². The summed E-state index contributed by atoms with van der Waals surface area (Å²) in [4.78, 5) is 8.94. The summed E-state index contributed by atoms with van der Waals surface area (Å²) in [5.41, 5.74) is 1.18. The maximum absolute atomic E-state index is 5.24. The molecule has 24 heavy (non-hydrogen) atoms. The van der Waals surface area contributed by atoms with Crippen LogP contribution in [0.4, 0.5) is 0 Å². The second-order valence-electron chi connectivity index (χ2n) is 5.76. The molecule has 7 nitrogen and oxygen atoms in total. The van der Waals surface area contributed by atoms with Crippen LogP contribution in [-0.2, 0) is 20.0 Å². The van der Waals surface area contributed by atoms with E-state index < -0.39 is 0 Å². The number of halogens is 1. The SMILES string of the molecule is CCNC(=NCc1ccn(C)c1)NCCc1nc(C(C)C)no1.I. The van der Waals surface area contributed by atoms with E-state index >= 15 is 0 Å². The Labute approximate surface area is 160 Å². The highest BCUT2D eigenvalue weighted by Gasteiger charge is 2.09. The molecule has 8 heteroatoms. The van der Waals surface area contributed by atoms with E-state index in [4.69, 9.17) is 4.52 Å². The number of guanidine groups is 1. The van der Waals surface area contributed by atoms with Crippen LogP contribution in [-0.4, -0.2) is 33.8 Å². The van der Waals surface area contributed by atoms with Crippen molar-refractivity contribution in [3.05, 3.63) is 35.7 Å². The Morgan fingerprint density at radius 2 is 2.17 bits per heavy atom. The first-order chi connectivity index (χ1) is 11.1. The summed E-state index contributed by atoms with van der Waals surface area (Å²) < 4.78 is 7.26. The lowest BCUT2D eigenvalue weighted by atomic mass is 10.2. The van der Waals surface area contributed by atoms with Crippen molar-refractivity contribution in [1.82, 2.24) is 25.3 Å². The van der Waals surface area contributed by atoms with E-state index in [0.717, 1.165) is 18.3 Å². The predicted molar refractivity (Wildman–Crippen MR) is 106 cm³/mol. The van der Waals surface area contributed by atoms with E-state index in [1.165, 1.54) is 5.56 Å². The fourth-order valence-electron chi connectivity index (χ4n) is 2.06. The highest BCUT2D eigenvalue weighted by Crippen LogP contribution is 2.09. The van der Waals surface area contributed by atoms with E-state index in [1.54, 1.807) is 0 Å². The third-order valence-corrected chi connectivity index (χ3v) is 3.29. The molecule has 2 heterocycles. The molecule has 0 atom stereocenters. The van der Waals surface area contributed by atoms with Crippen LogP contribution in [0.5, 0.6) is 0 Å². The smallest absolute Gasteiger partial charge is 0.228 e. The van der Waals surface area contributed by atoms with Crippen molar-refractivity contribution in [3.8, 4) is 0 Å². The summed E-state index contributed by atoms with van der Waals surface area (Å²) in [7, 11) is 2.01. The Kier molecular flexibility index (Phi) is 8.80. The quantitative estimate of drug-likeness (QED) is 0.388. The van der Waals surface area contributed by atoms with Crippen molar-refractivity contribution in [1.29, 1.82) is 0 Å². The lowest BCUT2D eigenvalue weighted by Crippen LogP contribution is -2.38. The second-order valence-corrected chi connectivity index (χ2v) is 5.76. The third-order valence-electron chi connectivity index (χ3n) is 3.29. The fraction of sp³-hybridized carbons (Fsp3) is 0.562. The van der Waals surface area contributed by atoms with Gasteiger partial charge in [-0.3, -0.25) is 0 Å². The van der Waals surface area contributed by atoms with Gasteiger partial charge in [0.25, 0.3) is 0 Å². The first kappa shape index (κ1) is 20.5. The Balaban J connectivity index is 0.00000288. The minimum atomic E-state index is 0. The molecule has 0 aliphatic heterocycles. The summed E-state index contributed by atoms with van der Waals surface area (Å²) in [5, 5.41) is 10.5. The van der Waals surface area contributed by atoms with Crippen molar-refractivity contribution >= 4 is 29.9 Å². The van der Waals surface area contributed by atoms with Gasteiger partial charge in [-0.15, -0.1) is 24.0 Å². The predicted octanol–water partition coefficient (Wildman–Crippen LogP) is 2.45. The van der Waals surface area contributed by atoms with Gasteiger partial charge in [-0.2, -0.15) is 4.98 Å². The number of hydrogen-bond donors (Lipinski definition) is 2. The molecule has 0 spiro atoms. The fourth-order valence-corrected chi connectivity index (χ4v) is 2.06. The molecule has 0 aliphatic carbocycles. The number of hydrogen-bond acceptors (Lipinski definition) is 4. The standard InChI is InChI=1S/C16H26N6O.HI/c1-5-17-16(19-10-13-7-9-22(4)11-13)18-8-6-14-20-15(12(2)3)21-23-14;/h7,9,11-12H,5-6,8,10H2,1-4H3,(H2,17,18,19);1H. The number of aromatic nitrogens is 3. The molecule has 0 radical (unpaired) electrons. The Morgan fingerprint density at radius 3 is 2.75 bits per heavy atom. The van der Waals surface area contributed by atoms with Crippen LogP contribution in [0.1, 0.15) is 44.0 Å². The van der Waals surface area contributed by atoms with Crippen LogP contribution < -0.4 is 10.6 Å². The highest BCUT2D eigenvalue weighted by atomic mass is 127. The summed E-state index contributed by atoms with van der Waals surface area (Å²) in [6.07, 6.45) is 4.77. The van der Waals surface area contributed by atoms with Crippen molar-refractivity contribution < 1.29 is 4.52 Å². The maximum Gasteiger partial charge on any atom is 0.228 e. The normalized spacial score (nSPS) is 11.5. The Bertz CT molecular complexity index is 634. The molecule has 2 aromatic rings. The molecule has 0 aromatic carbocycles. The van der Waals surface area contributed by atoms with E-state index in [-0.39, 0.29) is 29.9 Å². The van der Waals surface area contributed by atoms with Crippen LogP contribution in [0.2, 0.25) is 0 Å². The van der Waals surface area contributed by atoms with Gasteiger partial charge in [-0.25, -0.2) is 4.99 Å². The van der Waals surface area contributed by atoms with Gasteiger partial charge in [0, 0.05) is 44.9 Å². The molecule has 2 N–H and O–H groups in total. The van der Waals surface area contributed by atoms with Crippen LogP contribution in [0.25, 0.3) is 0 Å². The molecule has 0 amide bonds. The van der Waals surface area contributed by atoms with Gasteiger partial charge in [0.1, 0.15) is 0 Å². The average Bonchev–Trinajstić information content (AvgIpc) is 3.14. The largest absolute Gasteiger partial charge is 0.357 e. The van der Waals surface area contributed by atoms with Gasteiger partial charge in [0.05, 0.1) is 6.54 Å².